The molecule has 148 valence electrons. The number of nitrogens with one attached hydrogen (secondary N) is 2. The van der Waals surface area contributed by atoms with E-state index in [1.54, 1.807) is 6.07 Å². The summed E-state index contributed by atoms with van der Waals surface area (Å²) in [6, 6.07) is 14.2. The summed E-state index contributed by atoms with van der Waals surface area (Å²) in [5.41, 5.74) is 3.07. The van der Waals surface area contributed by atoms with E-state index in [0.717, 1.165) is 16.8 Å². The molecule has 29 heavy (non-hydrogen) atoms. The maximum absolute atomic E-state index is 12.8. The largest absolute Gasteiger partial charge is 0.326 e. The lowest BCUT2D eigenvalue weighted by Gasteiger charge is -2.29. The molecule has 0 saturated carbocycles. The number of benzene rings is 2. The lowest BCUT2D eigenvalue weighted by Crippen LogP contribution is -2.52. The first-order valence-electron chi connectivity index (χ1n) is 9.62. The van der Waals surface area contributed by atoms with Crippen LogP contribution < -0.4 is 10.6 Å². The van der Waals surface area contributed by atoms with Crippen molar-refractivity contribution < 1.29 is 19.2 Å². The minimum Gasteiger partial charge on any atom is -0.326 e. The highest BCUT2D eigenvalue weighted by Crippen LogP contribution is 2.28. The van der Waals surface area contributed by atoms with E-state index in [2.05, 4.69) is 10.6 Å². The number of para-hydroxylation sites is 1. The molecule has 0 bridgehead atoms. The number of hydrogen-bond acceptors (Lipinski definition) is 4. The third-order valence-electron chi connectivity index (χ3n) is 5.29. The van der Waals surface area contributed by atoms with E-state index in [4.69, 9.17) is 0 Å². The predicted octanol–water partition coefficient (Wildman–Crippen LogP) is 2.02. The zero-order valence-electron chi connectivity index (χ0n) is 15.8. The average molecular weight is 391 g/mol. The van der Waals surface area contributed by atoms with Crippen LogP contribution in [0.3, 0.4) is 0 Å². The Morgan fingerprint density at radius 2 is 1.90 bits per heavy atom. The Morgan fingerprint density at radius 1 is 1.10 bits per heavy atom. The normalized spacial score (nSPS) is 18.4. The summed E-state index contributed by atoms with van der Waals surface area (Å²) < 4.78 is 0. The Hall–Kier alpha value is -3.48. The van der Waals surface area contributed by atoms with Crippen LogP contribution in [-0.4, -0.2) is 34.6 Å². The van der Waals surface area contributed by atoms with E-state index >= 15 is 0 Å². The fraction of sp³-hybridized carbons (Fsp3) is 0.273. The van der Waals surface area contributed by atoms with Crippen LogP contribution in [-0.2, 0) is 27.3 Å². The lowest BCUT2D eigenvalue weighted by molar-refractivity contribution is -0.137. The van der Waals surface area contributed by atoms with Gasteiger partial charge in [0.2, 0.25) is 17.7 Å². The number of carbonyl (C=O) groups excluding carboxylic acids is 4. The van der Waals surface area contributed by atoms with Gasteiger partial charge in [-0.05, 0) is 42.2 Å². The number of fused-ring (bicyclic) bond motifs is 1. The summed E-state index contributed by atoms with van der Waals surface area (Å²) in [7, 11) is 0. The van der Waals surface area contributed by atoms with E-state index in [1.165, 1.54) is 4.90 Å². The van der Waals surface area contributed by atoms with Crippen molar-refractivity contribution in [1.82, 2.24) is 10.2 Å². The van der Waals surface area contributed by atoms with Crippen molar-refractivity contribution in [2.24, 2.45) is 0 Å². The lowest BCUT2D eigenvalue weighted by atomic mass is 10.0. The second-order valence-corrected chi connectivity index (χ2v) is 7.31. The summed E-state index contributed by atoms with van der Waals surface area (Å²) in [5.74, 6) is -1.01. The highest BCUT2D eigenvalue weighted by Gasteiger charge is 2.39. The molecule has 0 radical (unpaired) electrons. The van der Waals surface area contributed by atoms with Crippen LogP contribution in [0.15, 0.2) is 48.5 Å². The minimum atomic E-state index is -0.618. The van der Waals surface area contributed by atoms with E-state index in [0.29, 0.717) is 31.4 Å². The molecule has 1 saturated heterocycles. The fourth-order valence-electron chi connectivity index (χ4n) is 3.76. The molecule has 1 atom stereocenters. The number of aryl methyl sites for hydroxylation is 1. The molecule has 4 rings (SSSR count). The Labute approximate surface area is 168 Å². The van der Waals surface area contributed by atoms with Gasteiger partial charge >= 0.3 is 0 Å². The SMILES string of the molecule is O=C1CCC(N2Cc3ccc(CCC(=O)Nc4ccccc4)cc3C2=O)C(=O)N1. The fourth-order valence-corrected chi connectivity index (χ4v) is 3.76. The standard InChI is InChI=1S/C22H21N3O4/c26-19(23-16-4-2-1-3-5-16)10-7-14-6-8-15-13-25(22(29)17(15)12-14)18-9-11-20(27)24-21(18)28/h1-6,8,12,18H,7,9-11,13H2,(H,23,26)(H,24,27,28). The average Bonchev–Trinajstić information content (AvgIpc) is 3.03. The van der Waals surface area contributed by atoms with Crippen LogP contribution in [0.4, 0.5) is 5.69 Å². The zero-order valence-corrected chi connectivity index (χ0v) is 15.8. The summed E-state index contributed by atoms with van der Waals surface area (Å²) in [6.45, 7) is 0.356. The maximum atomic E-state index is 12.8. The number of amides is 4. The number of anilines is 1. The van der Waals surface area contributed by atoms with Gasteiger partial charge in [0, 0.05) is 30.6 Å². The molecule has 4 amide bonds. The molecule has 0 aliphatic carbocycles. The number of hydrogen-bond donors (Lipinski definition) is 2. The summed E-state index contributed by atoms with van der Waals surface area (Å²) in [5, 5.41) is 5.15. The van der Waals surface area contributed by atoms with Crippen molar-refractivity contribution in [3.63, 3.8) is 0 Å². The highest BCUT2D eigenvalue weighted by molar-refractivity contribution is 6.05. The van der Waals surface area contributed by atoms with Crippen LogP contribution in [0.5, 0.6) is 0 Å². The van der Waals surface area contributed by atoms with Crippen molar-refractivity contribution >= 4 is 29.3 Å². The van der Waals surface area contributed by atoms with Crippen molar-refractivity contribution in [3.8, 4) is 0 Å². The van der Waals surface area contributed by atoms with Crippen LogP contribution in [0, 0.1) is 0 Å². The molecule has 2 N–H and O–H groups in total. The Kier molecular flexibility index (Phi) is 5.12. The molecule has 1 unspecified atom stereocenters. The minimum absolute atomic E-state index is 0.0896. The van der Waals surface area contributed by atoms with E-state index in [1.807, 2.05) is 42.5 Å². The molecular formula is C22H21N3O4. The van der Waals surface area contributed by atoms with Crippen molar-refractivity contribution in [1.29, 1.82) is 0 Å². The third kappa shape index (κ3) is 4.03. The molecule has 2 heterocycles. The quantitative estimate of drug-likeness (QED) is 0.763. The number of imide groups is 1. The van der Waals surface area contributed by atoms with E-state index < -0.39 is 11.9 Å². The number of rotatable bonds is 5. The van der Waals surface area contributed by atoms with Crippen LogP contribution in [0.2, 0.25) is 0 Å². The monoisotopic (exact) mass is 391 g/mol. The molecule has 1 fully saturated rings. The summed E-state index contributed by atoms with van der Waals surface area (Å²) in [4.78, 5) is 50.0. The number of piperidine rings is 1. The van der Waals surface area contributed by atoms with Crippen LogP contribution in [0.25, 0.3) is 0 Å². The molecular weight excluding hydrogens is 370 g/mol. The van der Waals surface area contributed by atoms with Gasteiger partial charge in [-0.2, -0.15) is 0 Å². The molecule has 7 heteroatoms. The van der Waals surface area contributed by atoms with Crippen LogP contribution in [0.1, 0.15) is 40.7 Å². The van der Waals surface area contributed by atoms with E-state index in [-0.39, 0.29) is 24.1 Å². The van der Waals surface area contributed by atoms with Gasteiger partial charge in [0.15, 0.2) is 0 Å². The van der Waals surface area contributed by atoms with Gasteiger partial charge < -0.3 is 10.2 Å². The predicted molar refractivity (Wildman–Crippen MR) is 106 cm³/mol. The topological polar surface area (TPSA) is 95.6 Å². The first-order chi connectivity index (χ1) is 14.0. The smallest absolute Gasteiger partial charge is 0.255 e. The molecule has 2 aromatic carbocycles. The maximum Gasteiger partial charge on any atom is 0.255 e. The van der Waals surface area contributed by atoms with Gasteiger partial charge in [-0.1, -0.05) is 30.3 Å². The summed E-state index contributed by atoms with van der Waals surface area (Å²) >= 11 is 0. The first kappa shape index (κ1) is 18.9. The Bertz CT molecular complexity index is 987. The Balaban J connectivity index is 1.39. The van der Waals surface area contributed by atoms with Gasteiger partial charge in [-0.25, -0.2) is 0 Å². The van der Waals surface area contributed by atoms with Crippen molar-refractivity contribution in [3.05, 3.63) is 65.2 Å². The van der Waals surface area contributed by atoms with Crippen molar-refractivity contribution in [2.45, 2.75) is 38.3 Å². The molecule has 0 aromatic heterocycles. The molecule has 2 aliphatic rings. The van der Waals surface area contributed by atoms with Gasteiger partial charge in [-0.3, -0.25) is 24.5 Å². The molecule has 2 aliphatic heterocycles. The highest BCUT2D eigenvalue weighted by atomic mass is 16.2. The summed E-state index contributed by atoms with van der Waals surface area (Å²) in [6.07, 6.45) is 1.39. The van der Waals surface area contributed by atoms with E-state index in [9.17, 15) is 19.2 Å². The van der Waals surface area contributed by atoms with Gasteiger partial charge in [0.05, 0.1) is 0 Å². The van der Waals surface area contributed by atoms with Gasteiger partial charge in [-0.15, -0.1) is 0 Å². The van der Waals surface area contributed by atoms with Crippen LogP contribution >= 0.6 is 0 Å². The third-order valence-corrected chi connectivity index (χ3v) is 5.29. The number of nitrogens with zero attached hydrogens (tertiary/aromatic N) is 1. The van der Waals surface area contributed by atoms with Gasteiger partial charge in [0.1, 0.15) is 6.04 Å². The molecule has 0 spiro atoms. The zero-order chi connectivity index (χ0) is 20.4. The first-order valence-corrected chi connectivity index (χ1v) is 9.62. The van der Waals surface area contributed by atoms with Crippen molar-refractivity contribution in [2.75, 3.05) is 5.32 Å². The molecule has 2 aromatic rings. The second-order valence-electron chi connectivity index (χ2n) is 7.31. The Morgan fingerprint density at radius 3 is 2.66 bits per heavy atom. The number of carbonyl (C=O) groups is 4. The molecule has 7 nitrogen and oxygen atoms in total. The van der Waals surface area contributed by atoms with Gasteiger partial charge in [0.25, 0.3) is 5.91 Å². The second kappa shape index (κ2) is 7.87.